The van der Waals surface area contributed by atoms with Gasteiger partial charge in [0.25, 0.3) is 0 Å². The lowest BCUT2D eigenvalue weighted by Gasteiger charge is -2.26. The second kappa shape index (κ2) is 9.16. The van der Waals surface area contributed by atoms with E-state index in [1.807, 2.05) is 30.3 Å². The summed E-state index contributed by atoms with van der Waals surface area (Å²) >= 11 is 0. The molecule has 5 nitrogen and oxygen atoms in total. The maximum absolute atomic E-state index is 12.6. The van der Waals surface area contributed by atoms with Gasteiger partial charge in [0.2, 0.25) is 5.91 Å². The van der Waals surface area contributed by atoms with Crippen LogP contribution in [0, 0.1) is 0 Å². The van der Waals surface area contributed by atoms with Crippen LogP contribution in [0.4, 0.5) is 5.69 Å². The van der Waals surface area contributed by atoms with E-state index in [1.165, 1.54) is 0 Å². The highest BCUT2D eigenvalue weighted by atomic mass is 16.5. The Morgan fingerprint density at radius 1 is 1.07 bits per heavy atom. The van der Waals surface area contributed by atoms with E-state index < -0.39 is 0 Å². The van der Waals surface area contributed by atoms with Crippen molar-refractivity contribution in [3.63, 3.8) is 0 Å². The van der Waals surface area contributed by atoms with Crippen molar-refractivity contribution in [2.45, 2.75) is 45.4 Å². The number of aromatic nitrogens is 1. The number of nitrogens with zero attached hydrogens (tertiary/aromatic N) is 1. The van der Waals surface area contributed by atoms with Gasteiger partial charge in [-0.3, -0.25) is 9.78 Å². The number of hydrogen-bond donors (Lipinski definition) is 1. The number of fused-ring (bicyclic) bond motifs is 1. The maximum Gasteiger partial charge on any atom is 0.224 e. The molecule has 0 bridgehead atoms. The molecule has 30 heavy (non-hydrogen) atoms. The highest BCUT2D eigenvalue weighted by Gasteiger charge is 2.23. The number of hydrogen-bond acceptors (Lipinski definition) is 4. The molecule has 3 rings (SSSR count). The Morgan fingerprint density at radius 3 is 2.37 bits per heavy atom. The number of amides is 1. The van der Waals surface area contributed by atoms with Crippen LogP contribution >= 0.6 is 0 Å². The summed E-state index contributed by atoms with van der Waals surface area (Å²) in [7, 11) is 3.31. The van der Waals surface area contributed by atoms with Crippen molar-refractivity contribution in [2.24, 2.45) is 0 Å². The van der Waals surface area contributed by atoms with Crippen LogP contribution in [0.2, 0.25) is 0 Å². The fourth-order valence-corrected chi connectivity index (χ4v) is 3.43. The summed E-state index contributed by atoms with van der Waals surface area (Å²) in [5.41, 5.74) is 3.67. The topological polar surface area (TPSA) is 60.5 Å². The van der Waals surface area contributed by atoms with Crippen molar-refractivity contribution in [1.82, 2.24) is 4.98 Å². The molecule has 1 N–H and O–H groups in total. The first kappa shape index (κ1) is 21.6. The molecule has 0 aliphatic heterocycles. The predicted molar refractivity (Wildman–Crippen MR) is 122 cm³/mol. The van der Waals surface area contributed by atoms with E-state index in [-0.39, 0.29) is 11.3 Å². The molecule has 0 unspecified atom stereocenters. The molecule has 0 radical (unpaired) electrons. The lowest BCUT2D eigenvalue weighted by molar-refractivity contribution is -0.116. The molecule has 0 aliphatic carbocycles. The standard InChI is InChI=1S/C25H30N2O3/c1-6-25(2,3)18-14-22(29-4)20(23(15-18)30-5)11-12-24(28)27-19-13-17-9-7-8-10-21(17)26-16-19/h7-10,13-16H,6,11-12H2,1-5H3,(H,27,28). The SMILES string of the molecule is CCC(C)(C)c1cc(OC)c(CCC(=O)Nc2cnc3ccccc3c2)c(OC)c1. The average Bonchev–Trinajstić information content (AvgIpc) is 2.76. The molecular weight excluding hydrogens is 376 g/mol. The zero-order chi connectivity index (χ0) is 21.7. The van der Waals surface area contributed by atoms with E-state index in [2.05, 4.69) is 43.2 Å². The molecule has 0 aliphatic rings. The van der Waals surface area contributed by atoms with E-state index in [4.69, 9.17) is 9.47 Å². The zero-order valence-corrected chi connectivity index (χ0v) is 18.4. The number of ether oxygens (including phenoxy) is 2. The summed E-state index contributed by atoms with van der Waals surface area (Å²) in [6.45, 7) is 6.57. The van der Waals surface area contributed by atoms with Gasteiger partial charge in [0, 0.05) is 17.4 Å². The Balaban J connectivity index is 1.75. The number of para-hydroxylation sites is 1. The first-order chi connectivity index (χ1) is 14.4. The van der Waals surface area contributed by atoms with E-state index >= 15 is 0 Å². The number of benzene rings is 2. The van der Waals surface area contributed by atoms with Crippen LogP contribution in [-0.2, 0) is 16.6 Å². The average molecular weight is 407 g/mol. The third-order valence-electron chi connectivity index (χ3n) is 5.75. The molecule has 1 heterocycles. The van der Waals surface area contributed by atoms with Gasteiger partial charge in [-0.2, -0.15) is 0 Å². The van der Waals surface area contributed by atoms with Crippen LogP contribution in [0.3, 0.4) is 0 Å². The van der Waals surface area contributed by atoms with Crippen LogP contribution in [0.15, 0.2) is 48.7 Å². The quantitative estimate of drug-likeness (QED) is 0.536. The highest BCUT2D eigenvalue weighted by molar-refractivity contribution is 5.93. The van der Waals surface area contributed by atoms with Crippen LogP contribution in [-0.4, -0.2) is 25.1 Å². The van der Waals surface area contributed by atoms with Gasteiger partial charge < -0.3 is 14.8 Å². The number of anilines is 1. The van der Waals surface area contributed by atoms with Crippen molar-refractivity contribution in [3.05, 3.63) is 59.8 Å². The predicted octanol–water partition coefficient (Wildman–Crippen LogP) is 5.51. The summed E-state index contributed by atoms with van der Waals surface area (Å²) in [5.74, 6) is 1.44. The van der Waals surface area contributed by atoms with Crippen LogP contribution in [0.1, 0.15) is 44.7 Å². The highest BCUT2D eigenvalue weighted by Crippen LogP contribution is 2.37. The lowest BCUT2D eigenvalue weighted by Crippen LogP contribution is -2.17. The minimum absolute atomic E-state index is 0.0134. The number of rotatable bonds is 8. The maximum atomic E-state index is 12.6. The fraction of sp³-hybridized carbons (Fsp3) is 0.360. The van der Waals surface area contributed by atoms with Gasteiger partial charge in [-0.15, -0.1) is 0 Å². The van der Waals surface area contributed by atoms with E-state index in [1.54, 1.807) is 20.4 Å². The molecule has 0 fully saturated rings. The fourth-order valence-electron chi connectivity index (χ4n) is 3.43. The number of carbonyl (C=O) groups excluding carboxylic acids is 1. The molecule has 2 aromatic carbocycles. The van der Waals surface area contributed by atoms with Gasteiger partial charge in [0.15, 0.2) is 0 Å². The summed E-state index contributed by atoms with van der Waals surface area (Å²) in [6.07, 6.45) is 3.52. The van der Waals surface area contributed by atoms with Crippen molar-refractivity contribution in [2.75, 3.05) is 19.5 Å². The molecule has 3 aromatic rings. The van der Waals surface area contributed by atoms with Crippen molar-refractivity contribution in [1.29, 1.82) is 0 Å². The monoisotopic (exact) mass is 406 g/mol. The normalized spacial score (nSPS) is 11.4. The second-order valence-corrected chi connectivity index (χ2v) is 8.06. The molecule has 0 atom stereocenters. The third kappa shape index (κ3) is 4.73. The Bertz CT molecular complexity index is 1020. The molecule has 1 aromatic heterocycles. The van der Waals surface area contributed by atoms with E-state index in [0.29, 0.717) is 18.5 Å². The van der Waals surface area contributed by atoms with Gasteiger partial charge in [-0.25, -0.2) is 0 Å². The van der Waals surface area contributed by atoms with Gasteiger partial charge in [0.1, 0.15) is 11.5 Å². The summed E-state index contributed by atoms with van der Waals surface area (Å²) in [6, 6.07) is 13.9. The van der Waals surface area contributed by atoms with Gasteiger partial charge in [-0.1, -0.05) is 39.0 Å². The van der Waals surface area contributed by atoms with Crippen LogP contribution in [0.25, 0.3) is 10.9 Å². The minimum atomic E-state index is -0.0749. The summed E-state index contributed by atoms with van der Waals surface area (Å²) < 4.78 is 11.3. The first-order valence-corrected chi connectivity index (χ1v) is 10.3. The first-order valence-electron chi connectivity index (χ1n) is 10.3. The number of nitrogens with one attached hydrogen (secondary N) is 1. The Kier molecular flexibility index (Phi) is 6.60. The molecule has 1 amide bonds. The van der Waals surface area contributed by atoms with Gasteiger partial charge in [0.05, 0.1) is 31.6 Å². The molecule has 158 valence electrons. The molecule has 0 saturated heterocycles. The molecule has 0 spiro atoms. The van der Waals surface area contributed by atoms with Crippen molar-refractivity contribution >= 4 is 22.5 Å². The second-order valence-electron chi connectivity index (χ2n) is 8.06. The number of methoxy groups -OCH3 is 2. The third-order valence-corrected chi connectivity index (χ3v) is 5.75. The van der Waals surface area contributed by atoms with Gasteiger partial charge in [-0.05, 0) is 48.1 Å². The largest absolute Gasteiger partial charge is 0.496 e. The van der Waals surface area contributed by atoms with Gasteiger partial charge >= 0.3 is 0 Å². The Hall–Kier alpha value is -3.08. The van der Waals surface area contributed by atoms with Crippen molar-refractivity contribution < 1.29 is 14.3 Å². The lowest BCUT2D eigenvalue weighted by atomic mass is 9.81. The summed E-state index contributed by atoms with van der Waals surface area (Å²) in [4.78, 5) is 17.0. The van der Waals surface area contributed by atoms with Crippen LogP contribution < -0.4 is 14.8 Å². The summed E-state index contributed by atoms with van der Waals surface area (Å²) in [5, 5.41) is 3.93. The number of carbonyl (C=O) groups is 1. The van der Waals surface area contributed by atoms with Crippen molar-refractivity contribution in [3.8, 4) is 11.5 Å². The molecule has 5 heteroatoms. The van der Waals surface area contributed by atoms with Crippen LogP contribution in [0.5, 0.6) is 11.5 Å². The molecule has 0 saturated carbocycles. The Labute approximate surface area is 178 Å². The number of pyridine rings is 1. The smallest absolute Gasteiger partial charge is 0.224 e. The zero-order valence-electron chi connectivity index (χ0n) is 18.4. The minimum Gasteiger partial charge on any atom is -0.496 e. The van der Waals surface area contributed by atoms with E-state index in [9.17, 15) is 4.79 Å². The molecular formula is C25H30N2O3. The Morgan fingerprint density at radius 2 is 1.73 bits per heavy atom. The van der Waals surface area contributed by atoms with E-state index in [0.717, 1.165) is 39.9 Å².